The Labute approximate surface area is 209 Å². The molecule has 36 heavy (non-hydrogen) atoms. The van der Waals surface area contributed by atoms with Crippen LogP contribution in [0.15, 0.2) is 54.6 Å². The minimum atomic E-state index is -0.527. The van der Waals surface area contributed by atoms with E-state index in [2.05, 4.69) is 0 Å². The lowest BCUT2D eigenvalue weighted by atomic mass is 9.86. The largest absolute Gasteiger partial charge is 0.465 e. The molecular weight excluding hydrogens is 462 g/mol. The molecule has 2 heterocycles. The standard InChI is InChI=1S/C28H29NO7/c1-16-12-23(15-34-17(2)30)36-27(26(16)35-18(3)31)21-7-5-6-19(13-21)24-10-8-20-14-22(28(32)33-4)9-11-25(20)29-24/h5-11,13-14,16,23,26-27H,12,15H2,1-4H3/t16?,23?,26?,27-/m1/s1. The average molecular weight is 492 g/mol. The van der Waals surface area contributed by atoms with Crippen LogP contribution in [0.2, 0.25) is 0 Å². The second-order valence-electron chi connectivity index (χ2n) is 8.99. The Bertz CT molecular complexity index is 1290. The summed E-state index contributed by atoms with van der Waals surface area (Å²) in [5.74, 6) is -1.14. The Morgan fingerprint density at radius 1 is 1.03 bits per heavy atom. The molecule has 3 aromatic rings. The van der Waals surface area contributed by atoms with E-state index in [-0.39, 0.29) is 30.6 Å². The first-order valence-corrected chi connectivity index (χ1v) is 11.8. The lowest BCUT2D eigenvalue weighted by Gasteiger charge is -2.40. The molecule has 0 N–H and O–H groups in total. The zero-order valence-electron chi connectivity index (χ0n) is 20.7. The van der Waals surface area contributed by atoms with E-state index in [9.17, 15) is 14.4 Å². The fourth-order valence-electron chi connectivity index (χ4n) is 4.55. The van der Waals surface area contributed by atoms with Gasteiger partial charge in [0.05, 0.1) is 30.0 Å². The Hall–Kier alpha value is -3.78. The van der Waals surface area contributed by atoms with Crippen molar-refractivity contribution >= 4 is 28.8 Å². The van der Waals surface area contributed by atoms with Gasteiger partial charge in [0.15, 0.2) is 0 Å². The van der Waals surface area contributed by atoms with Crippen molar-refractivity contribution in [1.29, 1.82) is 0 Å². The van der Waals surface area contributed by atoms with Crippen LogP contribution in [0.5, 0.6) is 0 Å². The maximum Gasteiger partial charge on any atom is 0.337 e. The minimum absolute atomic E-state index is 0.000310. The maximum atomic E-state index is 11.8. The third-order valence-electron chi connectivity index (χ3n) is 6.23. The van der Waals surface area contributed by atoms with Crippen LogP contribution in [0.4, 0.5) is 0 Å². The van der Waals surface area contributed by atoms with E-state index in [4.69, 9.17) is 23.9 Å². The topological polar surface area (TPSA) is 101 Å². The summed E-state index contributed by atoms with van der Waals surface area (Å²) in [6.45, 7) is 4.89. The van der Waals surface area contributed by atoms with Gasteiger partial charge in [-0.05, 0) is 48.2 Å². The predicted molar refractivity (Wildman–Crippen MR) is 132 cm³/mol. The van der Waals surface area contributed by atoms with Gasteiger partial charge in [-0.2, -0.15) is 0 Å². The van der Waals surface area contributed by atoms with Crippen LogP contribution in [-0.4, -0.2) is 48.8 Å². The van der Waals surface area contributed by atoms with E-state index in [1.807, 2.05) is 43.3 Å². The third kappa shape index (κ3) is 5.71. The third-order valence-corrected chi connectivity index (χ3v) is 6.23. The van der Waals surface area contributed by atoms with Crippen LogP contribution >= 0.6 is 0 Å². The van der Waals surface area contributed by atoms with Crippen LogP contribution in [0.3, 0.4) is 0 Å². The first kappa shape index (κ1) is 25.3. The smallest absolute Gasteiger partial charge is 0.337 e. The highest BCUT2D eigenvalue weighted by Crippen LogP contribution is 2.38. The molecule has 1 aliphatic rings. The number of carbonyl (C=O) groups excluding carboxylic acids is 3. The summed E-state index contributed by atoms with van der Waals surface area (Å²) in [7, 11) is 1.35. The summed E-state index contributed by atoms with van der Waals surface area (Å²) in [5.41, 5.74) is 3.66. The van der Waals surface area contributed by atoms with Gasteiger partial charge >= 0.3 is 17.9 Å². The first-order chi connectivity index (χ1) is 17.2. The van der Waals surface area contributed by atoms with Crippen molar-refractivity contribution in [3.05, 3.63) is 65.7 Å². The number of rotatable bonds is 6. The molecule has 188 valence electrons. The van der Waals surface area contributed by atoms with E-state index < -0.39 is 18.2 Å². The highest BCUT2D eigenvalue weighted by atomic mass is 16.6. The normalized spacial score (nSPS) is 21.6. The molecule has 1 aromatic heterocycles. The number of hydrogen-bond donors (Lipinski definition) is 0. The van der Waals surface area contributed by atoms with Gasteiger partial charge in [-0.3, -0.25) is 9.59 Å². The van der Waals surface area contributed by atoms with Gasteiger partial charge in [0, 0.05) is 24.8 Å². The molecule has 1 saturated heterocycles. The van der Waals surface area contributed by atoms with Gasteiger partial charge in [-0.15, -0.1) is 0 Å². The summed E-state index contributed by atoms with van der Waals surface area (Å²) in [5, 5.41) is 0.825. The summed E-state index contributed by atoms with van der Waals surface area (Å²) in [4.78, 5) is 39.8. The Morgan fingerprint density at radius 3 is 2.56 bits per heavy atom. The Balaban J connectivity index is 1.65. The zero-order valence-corrected chi connectivity index (χ0v) is 20.7. The molecule has 2 aromatic carbocycles. The fourth-order valence-corrected chi connectivity index (χ4v) is 4.55. The molecule has 0 spiro atoms. The number of aromatic nitrogens is 1. The van der Waals surface area contributed by atoms with E-state index in [1.165, 1.54) is 21.0 Å². The number of esters is 3. The Kier molecular flexibility index (Phi) is 7.64. The van der Waals surface area contributed by atoms with Crippen molar-refractivity contribution in [2.45, 2.75) is 45.5 Å². The number of ether oxygens (including phenoxy) is 4. The predicted octanol–water partition coefficient (Wildman–Crippen LogP) is 4.65. The van der Waals surface area contributed by atoms with Crippen molar-refractivity contribution in [2.24, 2.45) is 5.92 Å². The quantitative estimate of drug-likeness (QED) is 0.363. The van der Waals surface area contributed by atoms with E-state index in [0.717, 1.165) is 27.7 Å². The van der Waals surface area contributed by atoms with Crippen molar-refractivity contribution in [2.75, 3.05) is 13.7 Å². The lowest BCUT2D eigenvalue weighted by Crippen LogP contribution is -2.43. The van der Waals surface area contributed by atoms with Crippen LogP contribution < -0.4 is 0 Å². The van der Waals surface area contributed by atoms with Crippen molar-refractivity contribution in [3.63, 3.8) is 0 Å². The summed E-state index contributed by atoms with van der Waals surface area (Å²) in [6.07, 6.45) is -0.720. The molecule has 3 unspecified atom stereocenters. The number of hydrogen-bond acceptors (Lipinski definition) is 8. The highest BCUT2D eigenvalue weighted by Gasteiger charge is 2.40. The van der Waals surface area contributed by atoms with E-state index in [0.29, 0.717) is 12.0 Å². The zero-order chi connectivity index (χ0) is 25.8. The Morgan fingerprint density at radius 2 is 1.83 bits per heavy atom. The second-order valence-corrected chi connectivity index (χ2v) is 8.99. The second kappa shape index (κ2) is 10.9. The van der Waals surface area contributed by atoms with Gasteiger partial charge in [-0.25, -0.2) is 9.78 Å². The maximum absolute atomic E-state index is 11.8. The molecule has 1 aliphatic heterocycles. The van der Waals surface area contributed by atoms with Crippen LogP contribution in [0.1, 0.15) is 49.2 Å². The molecule has 8 heteroatoms. The molecule has 4 atom stereocenters. The average Bonchev–Trinajstić information content (AvgIpc) is 2.87. The van der Waals surface area contributed by atoms with E-state index in [1.54, 1.807) is 18.2 Å². The molecule has 1 fully saturated rings. The number of pyridine rings is 1. The highest BCUT2D eigenvalue weighted by molar-refractivity contribution is 5.94. The van der Waals surface area contributed by atoms with Gasteiger partial charge in [0.1, 0.15) is 18.8 Å². The van der Waals surface area contributed by atoms with Gasteiger partial charge in [0.2, 0.25) is 0 Å². The first-order valence-electron chi connectivity index (χ1n) is 11.8. The SMILES string of the molecule is COC(=O)c1ccc2nc(-c3cccc([C@H]4OC(COC(C)=O)CC(C)C4OC(C)=O)c3)ccc2c1. The molecule has 0 saturated carbocycles. The van der Waals surface area contributed by atoms with Crippen LogP contribution in [0, 0.1) is 5.92 Å². The molecule has 4 rings (SSSR count). The number of carbonyl (C=O) groups is 3. The monoisotopic (exact) mass is 491 g/mol. The van der Waals surface area contributed by atoms with Gasteiger partial charge in [-0.1, -0.05) is 31.2 Å². The molecule has 0 aliphatic carbocycles. The number of nitrogens with zero attached hydrogens (tertiary/aromatic N) is 1. The van der Waals surface area contributed by atoms with Gasteiger partial charge < -0.3 is 18.9 Å². The molecular formula is C28H29NO7. The number of fused-ring (bicyclic) bond motifs is 1. The summed E-state index contributed by atoms with van der Waals surface area (Å²) >= 11 is 0. The number of benzene rings is 2. The molecule has 0 radical (unpaired) electrons. The number of methoxy groups -OCH3 is 1. The molecule has 0 amide bonds. The van der Waals surface area contributed by atoms with Crippen molar-refractivity contribution in [3.8, 4) is 11.3 Å². The van der Waals surface area contributed by atoms with Crippen LogP contribution in [0.25, 0.3) is 22.2 Å². The van der Waals surface area contributed by atoms with E-state index >= 15 is 0 Å². The van der Waals surface area contributed by atoms with Crippen molar-refractivity contribution < 1.29 is 33.3 Å². The van der Waals surface area contributed by atoms with Crippen molar-refractivity contribution in [1.82, 2.24) is 4.98 Å². The molecule has 0 bridgehead atoms. The summed E-state index contributed by atoms with van der Waals surface area (Å²) < 4.78 is 21.9. The fraction of sp³-hybridized carbons (Fsp3) is 0.357. The van der Waals surface area contributed by atoms with Crippen LogP contribution in [-0.2, 0) is 28.5 Å². The molecule has 8 nitrogen and oxygen atoms in total. The summed E-state index contributed by atoms with van der Waals surface area (Å²) in [6, 6.07) is 16.8. The van der Waals surface area contributed by atoms with Gasteiger partial charge in [0.25, 0.3) is 0 Å². The lowest BCUT2D eigenvalue weighted by molar-refractivity contribution is -0.190. The minimum Gasteiger partial charge on any atom is -0.465 e.